The zero-order chi connectivity index (χ0) is 18.3. The van der Waals surface area contributed by atoms with E-state index in [4.69, 9.17) is 0 Å². The van der Waals surface area contributed by atoms with Crippen LogP contribution in [0.1, 0.15) is 44.0 Å². The third-order valence-corrected chi connectivity index (χ3v) is 16.3. The molecule has 1 aliphatic rings. The van der Waals surface area contributed by atoms with E-state index in [-0.39, 0.29) is 5.92 Å². The number of Topliss-reactive ketones (excluding diaryl/α,β-unsaturated/α-hetero) is 1. The lowest BCUT2D eigenvalue weighted by molar-refractivity contribution is 0.0921. The Labute approximate surface area is 151 Å². The van der Waals surface area contributed by atoms with Crippen molar-refractivity contribution in [2.24, 2.45) is 5.92 Å². The largest absolute Gasteiger partial charge is 0.294 e. The quantitative estimate of drug-likeness (QED) is 0.423. The van der Waals surface area contributed by atoms with Crippen molar-refractivity contribution in [1.29, 1.82) is 0 Å². The first-order valence-electron chi connectivity index (χ1n) is 9.45. The number of hydrogen-bond acceptors (Lipinski definition) is 1. The predicted octanol–water partition coefficient (Wildman–Crippen LogP) is 6.87. The second-order valence-electron chi connectivity index (χ2n) is 10.4. The minimum absolute atomic E-state index is 0.241. The van der Waals surface area contributed by atoms with Crippen LogP contribution >= 0.6 is 0 Å². The molecule has 1 aliphatic carbocycles. The van der Waals surface area contributed by atoms with Crippen molar-refractivity contribution in [3.63, 3.8) is 0 Å². The minimum atomic E-state index is -1.55. The molecule has 0 radical (unpaired) electrons. The Bertz CT molecular complexity index is 578. The molecule has 0 unspecified atom stereocenters. The summed E-state index contributed by atoms with van der Waals surface area (Å²) in [6.07, 6.45) is 2.41. The summed E-state index contributed by atoms with van der Waals surface area (Å²) in [5.74, 6) is 0.649. The van der Waals surface area contributed by atoms with Gasteiger partial charge in [0.1, 0.15) is 0 Å². The molecule has 2 rings (SSSR count). The molecule has 0 amide bonds. The fourth-order valence-corrected chi connectivity index (χ4v) is 9.64. The SMILES string of the molecule is CC(C)(C)[Si](C)(C)[C@H]1C[C@@H]([Si](C)(C)C)C[C@@H]1C(=O)c1ccccc1. The maximum Gasteiger partial charge on any atom is 0.165 e. The van der Waals surface area contributed by atoms with Gasteiger partial charge in [-0.3, -0.25) is 4.79 Å². The lowest BCUT2D eigenvalue weighted by Gasteiger charge is -2.44. The van der Waals surface area contributed by atoms with E-state index in [1.165, 1.54) is 6.42 Å². The third kappa shape index (κ3) is 3.77. The summed E-state index contributed by atoms with van der Waals surface area (Å²) in [6.45, 7) is 19.7. The zero-order valence-corrected chi connectivity index (χ0v) is 18.9. The van der Waals surface area contributed by atoms with Crippen LogP contribution in [0.3, 0.4) is 0 Å². The van der Waals surface area contributed by atoms with Gasteiger partial charge in [0.15, 0.2) is 5.78 Å². The average Bonchev–Trinajstić information content (AvgIpc) is 2.92. The van der Waals surface area contributed by atoms with Gasteiger partial charge in [0.25, 0.3) is 0 Å². The summed E-state index contributed by atoms with van der Waals surface area (Å²) in [7, 11) is -2.77. The van der Waals surface area contributed by atoms with Crippen LogP contribution in [-0.4, -0.2) is 21.9 Å². The molecular formula is C21H36OSi2. The summed E-state index contributed by atoms with van der Waals surface area (Å²) < 4.78 is 0. The van der Waals surface area contributed by atoms with E-state index in [1.807, 2.05) is 30.3 Å². The second-order valence-corrected chi connectivity index (χ2v) is 21.7. The van der Waals surface area contributed by atoms with Crippen molar-refractivity contribution >= 4 is 21.9 Å². The number of hydrogen-bond donors (Lipinski definition) is 0. The zero-order valence-electron chi connectivity index (χ0n) is 16.9. The van der Waals surface area contributed by atoms with Crippen molar-refractivity contribution in [1.82, 2.24) is 0 Å². The molecule has 1 aromatic rings. The van der Waals surface area contributed by atoms with E-state index in [0.717, 1.165) is 17.5 Å². The van der Waals surface area contributed by atoms with Gasteiger partial charge in [-0.1, -0.05) is 90.3 Å². The van der Waals surface area contributed by atoms with E-state index in [2.05, 4.69) is 53.5 Å². The molecule has 0 saturated heterocycles. The molecule has 0 N–H and O–H groups in total. The number of benzene rings is 1. The summed E-state index contributed by atoms with van der Waals surface area (Å²) in [4.78, 5) is 13.3. The Hall–Kier alpha value is -0.676. The normalized spacial score (nSPS) is 25.8. The van der Waals surface area contributed by atoms with Crippen molar-refractivity contribution in [3.8, 4) is 0 Å². The first-order valence-corrected chi connectivity index (χ1v) is 16.1. The van der Waals surface area contributed by atoms with E-state index >= 15 is 0 Å². The summed E-state index contributed by atoms with van der Waals surface area (Å²) in [6, 6.07) is 10.0. The Morgan fingerprint density at radius 1 is 0.958 bits per heavy atom. The van der Waals surface area contributed by atoms with Gasteiger partial charge in [-0.05, 0) is 22.5 Å². The fourth-order valence-electron chi connectivity index (χ4n) is 4.20. The summed E-state index contributed by atoms with van der Waals surface area (Å²) >= 11 is 0. The minimum Gasteiger partial charge on any atom is -0.294 e. The Kier molecular flexibility index (Phi) is 5.37. The van der Waals surface area contributed by atoms with Crippen LogP contribution in [0.2, 0.25) is 48.9 Å². The number of ketones is 1. The van der Waals surface area contributed by atoms with E-state index in [0.29, 0.717) is 16.4 Å². The van der Waals surface area contributed by atoms with E-state index < -0.39 is 16.1 Å². The van der Waals surface area contributed by atoms with Crippen LogP contribution in [0, 0.1) is 5.92 Å². The molecule has 0 aliphatic heterocycles. The molecule has 1 fully saturated rings. The molecule has 0 spiro atoms. The Balaban J connectivity index is 2.40. The predicted molar refractivity (Wildman–Crippen MR) is 112 cm³/mol. The van der Waals surface area contributed by atoms with Gasteiger partial charge in [0.05, 0.1) is 8.07 Å². The smallest absolute Gasteiger partial charge is 0.165 e. The Morgan fingerprint density at radius 3 is 1.96 bits per heavy atom. The average molecular weight is 361 g/mol. The first-order chi connectivity index (χ1) is 10.9. The fraction of sp³-hybridized carbons (Fsp3) is 0.667. The molecule has 1 saturated carbocycles. The van der Waals surface area contributed by atoms with Crippen molar-refractivity contribution in [2.75, 3.05) is 0 Å². The summed E-state index contributed by atoms with van der Waals surface area (Å²) in [5.41, 5.74) is 2.32. The van der Waals surface area contributed by atoms with E-state index in [1.54, 1.807) is 0 Å². The van der Waals surface area contributed by atoms with Gasteiger partial charge in [-0.15, -0.1) is 0 Å². The van der Waals surface area contributed by atoms with Gasteiger partial charge in [0.2, 0.25) is 0 Å². The van der Waals surface area contributed by atoms with Crippen molar-refractivity contribution in [3.05, 3.63) is 35.9 Å². The van der Waals surface area contributed by atoms with Crippen LogP contribution in [0.5, 0.6) is 0 Å². The molecule has 3 atom stereocenters. The lowest BCUT2D eigenvalue weighted by atomic mass is 9.96. The maximum absolute atomic E-state index is 13.3. The van der Waals surface area contributed by atoms with Crippen molar-refractivity contribution < 1.29 is 4.79 Å². The van der Waals surface area contributed by atoms with Crippen LogP contribution in [0.15, 0.2) is 30.3 Å². The molecule has 0 heterocycles. The van der Waals surface area contributed by atoms with Gasteiger partial charge in [0, 0.05) is 19.6 Å². The second kappa shape index (κ2) is 6.56. The van der Waals surface area contributed by atoms with Gasteiger partial charge in [-0.2, -0.15) is 0 Å². The van der Waals surface area contributed by atoms with Crippen LogP contribution < -0.4 is 0 Å². The van der Waals surface area contributed by atoms with E-state index in [9.17, 15) is 4.79 Å². The molecule has 24 heavy (non-hydrogen) atoms. The van der Waals surface area contributed by atoms with Crippen LogP contribution in [0.25, 0.3) is 0 Å². The molecule has 1 nitrogen and oxygen atoms in total. The Morgan fingerprint density at radius 2 is 1.50 bits per heavy atom. The molecule has 3 heteroatoms. The third-order valence-electron chi connectivity index (χ3n) is 7.04. The number of carbonyl (C=O) groups is 1. The highest BCUT2D eigenvalue weighted by Crippen LogP contribution is 2.58. The monoisotopic (exact) mass is 360 g/mol. The molecular weight excluding hydrogens is 324 g/mol. The summed E-state index contributed by atoms with van der Waals surface area (Å²) in [5, 5.41) is 0.335. The highest BCUT2D eigenvalue weighted by Gasteiger charge is 2.53. The highest BCUT2D eigenvalue weighted by atomic mass is 28.3. The van der Waals surface area contributed by atoms with Crippen molar-refractivity contribution in [2.45, 2.75) is 82.5 Å². The van der Waals surface area contributed by atoms with Crippen LogP contribution in [-0.2, 0) is 0 Å². The molecule has 134 valence electrons. The standard InChI is InChI=1S/C21H36OSi2/c1-21(2,3)24(7,8)19-15-17(23(4,5)6)14-18(19)20(22)16-12-10-9-11-13-16/h9-13,17-19H,14-15H2,1-8H3/t17-,18-,19-/m0/s1. The lowest BCUT2D eigenvalue weighted by Crippen LogP contribution is -2.45. The van der Waals surface area contributed by atoms with Gasteiger partial charge < -0.3 is 0 Å². The van der Waals surface area contributed by atoms with Gasteiger partial charge >= 0.3 is 0 Å². The molecule has 0 bridgehead atoms. The first kappa shape index (κ1) is 19.6. The maximum atomic E-state index is 13.3. The topological polar surface area (TPSA) is 17.1 Å². The number of carbonyl (C=O) groups excluding carboxylic acids is 1. The molecule has 0 aromatic heterocycles. The van der Waals surface area contributed by atoms with Crippen LogP contribution in [0.4, 0.5) is 0 Å². The highest BCUT2D eigenvalue weighted by molar-refractivity contribution is 6.82. The molecule has 1 aromatic carbocycles. The van der Waals surface area contributed by atoms with Gasteiger partial charge in [-0.25, -0.2) is 0 Å². The number of rotatable bonds is 4.